The minimum absolute atomic E-state index is 0.441. The number of carbonyl (C=O) groups excluding carboxylic acids is 1. The van der Waals surface area contributed by atoms with Crippen molar-refractivity contribution >= 4 is 5.78 Å². The molecular weight excluding hydrogens is 198 g/mol. The maximum atomic E-state index is 12.0. The zero-order valence-corrected chi connectivity index (χ0v) is 10.6. The van der Waals surface area contributed by atoms with E-state index < -0.39 is 0 Å². The molecule has 1 heterocycles. The molecule has 0 bridgehead atoms. The zero-order valence-electron chi connectivity index (χ0n) is 10.6. The third-order valence-corrected chi connectivity index (χ3v) is 4.45. The second-order valence-electron chi connectivity index (χ2n) is 5.65. The molecule has 2 heteroatoms. The first-order valence-electron chi connectivity index (χ1n) is 7.02. The lowest BCUT2D eigenvalue weighted by atomic mass is 9.90. The van der Waals surface area contributed by atoms with E-state index >= 15 is 0 Å². The number of nitrogens with one attached hydrogen (secondary N) is 1. The van der Waals surface area contributed by atoms with Gasteiger partial charge in [-0.3, -0.25) is 4.79 Å². The van der Waals surface area contributed by atoms with Crippen molar-refractivity contribution in [2.24, 2.45) is 11.3 Å². The summed E-state index contributed by atoms with van der Waals surface area (Å²) >= 11 is 0. The standard InChI is InChI=1S/C14H25NO/c1-2-3-4-5-6-13(16)12-11-14(12)7-9-15-10-8-14/h12,15H,2-11H2,1H3. The molecule has 1 saturated heterocycles. The number of hydrogen-bond donors (Lipinski definition) is 1. The lowest BCUT2D eigenvalue weighted by molar-refractivity contribution is -0.121. The normalized spacial score (nSPS) is 26.9. The van der Waals surface area contributed by atoms with Crippen LogP contribution in [-0.2, 0) is 4.79 Å². The van der Waals surface area contributed by atoms with Crippen LogP contribution in [0.1, 0.15) is 58.3 Å². The summed E-state index contributed by atoms with van der Waals surface area (Å²) in [6.07, 6.45) is 9.42. The first-order chi connectivity index (χ1) is 7.78. The number of rotatable bonds is 6. The zero-order chi connectivity index (χ0) is 11.4. The molecule has 1 saturated carbocycles. The summed E-state index contributed by atoms with van der Waals surface area (Å²) in [7, 11) is 0. The first kappa shape index (κ1) is 12.1. The molecule has 0 radical (unpaired) electrons. The van der Waals surface area contributed by atoms with E-state index in [4.69, 9.17) is 0 Å². The fourth-order valence-corrected chi connectivity index (χ4v) is 3.18. The topological polar surface area (TPSA) is 29.1 Å². The maximum absolute atomic E-state index is 12.0. The van der Waals surface area contributed by atoms with Gasteiger partial charge < -0.3 is 5.32 Å². The summed E-state index contributed by atoms with van der Waals surface area (Å²) in [5.74, 6) is 1.01. The first-order valence-corrected chi connectivity index (χ1v) is 7.02. The number of ketones is 1. The average molecular weight is 223 g/mol. The van der Waals surface area contributed by atoms with E-state index in [0.29, 0.717) is 17.1 Å². The number of carbonyl (C=O) groups is 1. The number of Topliss-reactive ketones (excluding diaryl/α,β-unsaturated/α-hetero) is 1. The highest BCUT2D eigenvalue weighted by molar-refractivity contribution is 5.84. The second-order valence-corrected chi connectivity index (χ2v) is 5.65. The van der Waals surface area contributed by atoms with Crippen LogP contribution in [0.5, 0.6) is 0 Å². The molecule has 1 aliphatic carbocycles. The molecule has 2 nitrogen and oxygen atoms in total. The Morgan fingerprint density at radius 3 is 2.69 bits per heavy atom. The van der Waals surface area contributed by atoms with E-state index in [1.807, 2.05) is 0 Å². The molecule has 2 rings (SSSR count). The van der Waals surface area contributed by atoms with Crippen LogP contribution in [-0.4, -0.2) is 18.9 Å². The highest BCUT2D eigenvalue weighted by atomic mass is 16.1. The summed E-state index contributed by atoms with van der Waals surface area (Å²) in [5, 5.41) is 3.39. The van der Waals surface area contributed by atoms with Crippen LogP contribution in [0.25, 0.3) is 0 Å². The van der Waals surface area contributed by atoms with Gasteiger partial charge in [0, 0.05) is 12.3 Å². The minimum atomic E-state index is 0.441. The lowest BCUT2D eigenvalue weighted by Crippen LogP contribution is -2.30. The lowest BCUT2D eigenvalue weighted by Gasteiger charge is -2.23. The third kappa shape index (κ3) is 2.65. The Bertz CT molecular complexity index is 243. The molecule has 0 aromatic carbocycles. The Balaban J connectivity index is 1.67. The Labute approximate surface area is 99.2 Å². The van der Waals surface area contributed by atoms with Crippen molar-refractivity contribution < 1.29 is 4.79 Å². The van der Waals surface area contributed by atoms with E-state index in [9.17, 15) is 4.79 Å². The largest absolute Gasteiger partial charge is 0.317 e. The Morgan fingerprint density at radius 2 is 2.00 bits per heavy atom. The molecule has 0 aromatic rings. The number of unbranched alkanes of at least 4 members (excludes halogenated alkanes) is 3. The van der Waals surface area contributed by atoms with E-state index in [1.165, 1.54) is 38.5 Å². The van der Waals surface area contributed by atoms with Crippen LogP contribution in [0.4, 0.5) is 0 Å². The van der Waals surface area contributed by atoms with Crippen molar-refractivity contribution in [2.75, 3.05) is 13.1 Å². The van der Waals surface area contributed by atoms with Gasteiger partial charge in [-0.25, -0.2) is 0 Å². The molecular formula is C14H25NO. The van der Waals surface area contributed by atoms with Gasteiger partial charge in [0.05, 0.1) is 0 Å². The summed E-state index contributed by atoms with van der Waals surface area (Å²) in [6, 6.07) is 0. The Morgan fingerprint density at radius 1 is 1.25 bits per heavy atom. The molecule has 1 N–H and O–H groups in total. The molecule has 92 valence electrons. The van der Waals surface area contributed by atoms with Crippen LogP contribution < -0.4 is 5.32 Å². The third-order valence-electron chi connectivity index (χ3n) is 4.45. The fraction of sp³-hybridized carbons (Fsp3) is 0.929. The smallest absolute Gasteiger partial charge is 0.136 e. The van der Waals surface area contributed by atoms with Crippen LogP contribution in [0.3, 0.4) is 0 Å². The van der Waals surface area contributed by atoms with Crippen molar-refractivity contribution in [3.63, 3.8) is 0 Å². The van der Waals surface area contributed by atoms with Crippen LogP contribution in [0.2, 0.25) is 0 Å². The van der Waals surface area contributed by atoms with Crippen LogP contribution in [0.15, 0.2) is 0 Å². The SMILES string of the molecule is CCCCCCC(=O)C1CC12CCNCC2. The molecule has 1 spiro atoms. The highest BCUT2D eigenvalue weighted by Gasteiger charge is 2.56. The van der Waals surface area contributed by atoms with Gasteiger partial charge in [-0.1, -0.05) is 26.2 Å². The van der Waals surface area contributed by atoms with Crippen LogP contribution in [0, 0.1) is 11.3 Å². The molecule has 2 aliphatic rings. The molecule has 0 amide bonds. The van der Waals surface area contributed by atoms with E-state index in [1.54, 1.807) is 0 Å². The van der Waals surface area contributed by atoms with Gasteiger partial charge >= 0.3 is 0 Å². The Hall–Kier alpha value is -0.370. The molecule has 16 heavy (non-hydrogen) atoms. The molecule has 1 atom stereocenters. The van der Waals surface area contributed by atoms with E-state index in [0.717, 1.165) is 25.9 Å². The molecule has 1 aliphatic heterocycles. The average Bonchev–Trinajstić information content (AvgIpc) is 2.99. The summed E-state index contributed by atoms with van der Waals surface area (Å²) in [5.41, 5.74) is 0.451. The van der Waals surface area contributed by atoms with Crippen molar-refractivity contribution in [2.45, 2.75) is 58.3 Å². The van der Waals surface area contributed by atoms with Gasteiger partial charge in [-0.15, -0.1) is 0 Å². The van der Waals surface area contributed by atoms with Gasteiger partial charge in [0.2, 0.25) is 0 Å². The number of hydrogen-bond acceptors (Lipinski definition) is 2. The van der Waals surface area contributed by atoms with Crippen LogP contribution >= 0.6 is 0 Å². The summed E-state index contributed by atoms with van der Waals surface area (Å²) < 4.78 is 0. The van der Waals surface area contributed by atoms with Crippen molar-refractivity contribution in [3.05, 3.63) is 0 Å². The molecule has 1 unspecified atom stereocenters. The minimum Gasteiger partial charge on any atom is -0.317 e. The molecule has 2 fully saturated rings. The van der Waals surface area contributed by atoms with E-state index in [2.05, 4.69) is 12.2 Å². The molecule has 0 aromatic heterocycles. The fourth-order valence-electron chi connectivity index (χ4n) is 3.18. The van der Waals surface area contributed by atoms with Crippen molar-refractivity contribution in [3.8, 4) is 0 Å². The van der Waals surface area contributed by atoms with Gasteiger partial charge in [0.1, 0.15) is 5.78 Å². The van der Waals surface area contributed by atoms with Gasteiger partial charge in [-0.2, -0.15) is 0 Å². The van der Waals surface area contributed by atoms with E-state index in [-0.39, 0.29) is 0 Å². The second kappa shape index (κ2) is 5.31. The summed E-state index contributed by atoms with van der Waals surface area (Å²) in [6.45, 7) is 4.46. The van der Waals surface area contributed by atoms with Gasteiger partial charge in [0.15, 0.2) is 0 Å². The van der Waals surface area contributed by atoms with Gasteiger partial charge in [-0.05, 0) is 44.2 Å². The highest BCUT2D eigenvalue weighted by Crippen LogP contribution is 2.59. The number of piperidine rings is 1. The predicted octanol–water partition coefficient (Wildman–Crippen LogP) is 2.92. The Kier molecular flexibility index (Phi) is 4.01. The monoisotopic (exact) mass is 223 g/mol. The van der Waals surface area contributed by atoms with Crippen molar-refractivity contribution in [1.29, 1.82) is 0 Å². The summed E-state index contributed by atoms with van der Waals surface area (Å²) in [4.78, 5) is 12.0. The van der Waals surface area contributed by atoms with Crippen molar-refractivity contribution in [1.82, 2.24) is 5.32 Å². The predicted molar refractivity (Wildman–Crippen MR) is 66.4 cm³/mol. The maximum Gasteiger partial charge on any atom is 0.136 e. The quantitative estimate of drug-likeness (QED) is 0.701. The van der Waals surface area contributed by atoms with Gasteiger partial charge in [0.25, 0.3) is 0 Å².